The van der Waals surface area contributed by atoms with Gasteiger partial charge in [-0.3, -0.25) is 0 Å². The molecule has 282 valence electrons. The highest BCUT2D eigenvalue weighted by Gasteiger charge is 2.15. The molecule has 0 fully saturated rings. The van der Waals surface area contributed by atoms with Crippen LogP contribution in [0.2, 0.25) is 0 Å². The van der Waals surface area contributed by atoms with Crippen molar-refractivity contribution in [3.05, 3.63) is 263 Å². The minimum absolute atomic E-state index is 0.173. The highest BCUT2D eigenvalue weighted by Crippen LogP contribution is 2.36. The van der Waals surface area contributed by atoms with Crippen molar-refractivity contribution in [2.45, 2.75) is 39.0 Å². The van der Waals surface area contributed by atoms with E-state index in [0.29, 0.717) is 0 Å². The van der Waals surface area contributed by atoms with Crippen molar-refractivity contribution in [1.82, 2.24) is 0 Å². The van der Waals surface area contributed by atoms with E-state index in [4.69, 9.17) is 0 Å². The first-order chi connectivity index (χ1) is 28.6. The van der Waals surface area contributed by atoms with Crippen molar-refractivity contribution in [3.8, 4) is 22.3 Å². The molecular weight excluding hydrogens is 697 g/mol. The van der Waals surface area contributed by atoms with Gasteiger partial charge in [-0.2, -0.15) is 0 Å². The summed E-state index contributed by atoms with van der Waals surface area (Å²) in [4.78, 5) is 0. The largest absolute Gasteiger partial charge is 0.0836 e. The molecular formula is C58H50. The molecule has 0 radical (unpaired) electrons. The average molecular weight is 747 g/mol. The molecule has 1 aliphatic rings. The molecule has 0 amide bonds. The summed E-state index contributed by atoms with van der Waals surface area (Å²) in [6.45, 7) is 4.58. The van der Waals surface area contributed by atoms with Crippen LogP contribution in [0.1, 0.15) is 70.2 Å². The summed E-state index contributed by atoms with van der Waals surface area (Å²) in [5.74, 6) is 0.173. The van der Waals surface area contributed by atoms with Gasteiger partial charge >= 0.3 is 0 Å². The third-order valence-electron chi connectivity index (χ3n) is 11.1. The zero-order valence-electron chi connectivity index (χ0n) is 33.6. The second-order valence-electron chi connectivity index (χ2n) is 15.3. The number of hydrogen-bond donors (Lipinski definition) is 0. The number of aryl methyl sites for hydroxylation is 1. The van der Waals surface area contributed by atoms with Crippen molar-refractivity contribution in [1.29, 1.82) is 0 Å². The first-order valence-corrected chi connectivity index (χ1v) is 20.6. The quantitative estimate of drug-likeness (QED) is 0.109. The molecule has 8 rings (SSSR count). The van der Waals surface area contributed by atoms with Crippen LogP contribution in [0.4, 0.5) is 0 Å². The molecule has 0 aliphatic heterocycles. The van der Waals surface area contributed by atoms with Gasteiger partial charge in [0, 0.05) is 0 Å². The Morgan fingerprint density at radius 3 is 2.00 bits per heavy atom. The normalized spacial score (nSPS) is 13.7. The summed E-state index contributed by atoms with van der Waals surface area (Å²) >= 11 is 0. The smallest absolute Gasteiger partial charge is 0.0000797 e. The van der Waals surface area contributed by atoms with E-state index in [1.165, 1.54) is 83.5 Å². The Balaban J connectivity index is 1.19. The Hall–Kier alpha value is -6.76. The molecule has 0 saturated heterocycles. The third kappa shape index (κ3) is 9.43. The van der Waals surface area contributed by atoms with Crippen LogP contribution in [0.5, 0.6) is 0 Å². The Bertz CT molecular complexity index is 2630. The molecule has 0 bridgehead atoms. The van der Waals surface area contributed by atoms with Crippen LogP contribution in [0, 0.1) is 6.92 Å². The van der Waals surface area contributed by atoms with Crippen LogP contribution in [0.25, 0.3) is 45.0 Å². The highest BCUT2D eigenvalue weighted by atomic mass is 14.2. The van der Waals surface area contributed by atoms with Gasteiger partial charge in [-0.1, -0.05) is 219 Å². The summed E-state index contributed by atoms with van der Waals surface area (Å²) in [5.41, 5.74) is 18.7. The van der Waals surface area contributed by atoms with Gasteiger partial charge in [-0.05, 0) is 128 Å². The molecule has 0 spiro atoms. The van der Waals surface area contributed by atoms with Crippen molar-refractivity contribution >= 4 is 22.8 Å². The zero-order chi connectivity index (χ0) is 39.5. The molecule has 58 heavy (non-hydrogen) atoms. The van der Waals surface area contributed by atoms with Crippen molar-refractivity contribution in [3.63, 3.8) is 0 Å². The van der Waals surface area contributed by atoms with E-state index in [1.54, 1.807) is 0 Å². The fourth-order valence-electron chi connectivity index (χ4n) is 7.87. The van der Waals surface area contributed by atoms with Crippen LogP contribution in [-0.4, -0.2) is 0 Å². The second-order valence-corrected chi connectivity index (χ2v) is 15.3. The van der Waals surface area contributed by atoms with Crippen molar-refractivity contribution < 1.29 is 0 Å². The van der Waals surface area contributed by atoms with E-state index in [9.17, 15) is 0 Å². The summed E-state index contributed by atoms with van der Waals surface area (Å²) < 4.78 is 0. The van der Waals surface area contributed by atoms with Gasteiger partial charge in [-0.25, -0.2) is 0 Å². The fraction of sp³-hybridized carbons (Fsp3) is 0.103. The van der Waals surface area contributed by atoms with E-state index in [1.807, 2.05) is 0 Å². The van der Waals surface area contributed by atoms with Crippen LogP contribution in [0.15, 0.2) is 218 Å². The molecule has 0 N–H and O–H groups in total. The molecule has 0 nitrogen and oxygen atoms in total. The molecule has 1 aliphatic carbocycles. The van der Waals surface area contributed by atoms with Crippen LogP contribution in [0.3, 0.4) is 0 Å². The molecule has 1 unspecified atom stereocenters. The monoisotopic (exact) mass is 746 g/mol. The lowest BCUT2D eigenvalue weighted by Crippen LogP contribution is -1.98. The Labute approximate surface area is 345 Å². The van der Waals surface area contributed by atoms with Crippen molar-refractivity contribution in [2.24, 2.45) is 0 Å². The Morgan fingerprint density at radius 2 is 1.22 bits per heavy atom. The van der Waals surface area contributed by atoms with E-state index >= 15 is 0 Å². The number of rotatable bonds is 12. The SMILES string of the molecule is Cc1ccc(-c2cccc(C3=CCCC=C3)c2)cc1/C(=C\C(C)c1cccc(-c2ccccc2)c1)c1cccc(C/C=C(\C=C\c2ccccc2)c2ccccc2)c1. The van der Waals surface area contributed by atoms with E-state index < -0.39 is 0 Å². The van der Waals surface area contributed by atoms with Gasteiger partial charge in [0.25, 0.3) is 0 Å². The molecule has 0 aromatic heterocycles. The molecule has 1 atom stereocenters. The Morgan fingerprint density at radius 1 is 0.569 bits per heavy atom. The standard InChI is InChI=1S/C58H50/c1-43-32-35-55(54-30-17-29-53(41-54)49-25-13-6-14-26-49)42-57(43)58(38-44(2)51-27-16-28-52(40-51)48-23-11-5-12-24-48)56-31-15-20-46(39-56)34-37-50(47-21-9-4-10-22-47)36-33-45-18-7-3-8-19-45/h3-5,7-13,15-33,35-42,44H,6,14,34H2,1-2H3/b36-33+,50-37+,58-38-. The zero-order valence-corrected chi connectivity index (χ0v) is 33.6. The second kappa shape index (κ2) is 18.5. The molecule has 7 aromatic carbocycles. The maximum atomic E-state index is 2.48. The predicted octanol–water partition coefficient (Wildman–Crippen LogP) is 15.6. The van der Waals surface area contributed by atoms with Crippen LogP contribution < -0.4 is 0 Å². The fourth-order valence-corrected chi connectivity index (χ4v) is 7.87. The minimum atomic E-state index is 0.173. The lowest BCUT2D eigenvalue weighted by molar-refractivity contribution is 0.969. The van der Waals surface area contributed by atoms with E-state index in [0.717, 1.165) is 19.3 Å². The molecule has 0 saturated carbocycles. The molecule has 0 heteroatoms. The van der Waals surface area contributed by atoms with Gasteiger partial charge in [0.15, 0.2) is 0 Å². The summed E-state index contributed by atoms with van der Waals surface area (Å²) in [5, 5.41) is 0. The maximum absolute atomic E-state index is 2.48. The predicted molar refractivity (Wildman–Crippen MR) is 250 cm³/mol. The molecule has 7 aromatic rings. The van der Waals surface area contributed by atoms with Gasteiger partial charge in [0.2, 0.25) is 0 Å². The minimum Gasteiger partial charge on any atom is -0.0836 e. The van der Waals surface area contributed by atoms with Gasteiger partial charge in [0.1, 0.15) is 0 Å². The Kier molecular flexibility index (Phi) is 12.1. The number of allylic oxidation sites excluding steroid dienone is 8. The number of hydrogen-bond acceptors (Lipinski definition) is 0. The third-order valence-corrected chi connectivity index (χ3v) is 11.1. The summed E-state index contributed by atoms with van der Waals surface area (Å²) in [7, 11) is 0. The molecule has 0 heterocycles. The first kappa shape index (κ1) is 38.1. The van der Waals surface area contributed by atoms with Crippen LogP contribution >= 0.6 is 0 Å². The van der Waals surface area contributed by atoms with Gasteiger partial charge < -0.3 is 0 Å². The lowest BCUT2D eigenvalue weighted by Gasteiger charge is -2.18. The highest BCUT2D eigenvalue weighted by molar-refractivity contribution is 5.86. The lowest BCUT2D eigenvalue weighted by atomic mass is 9.86. The van der Waals surface area contributed by atoms with E-state index in [-0.39, 0.29) is 5.92 Å². The van der Waals surface area contributed by atoms with Crippen LogP contribution in [-0.2, 0) is 6.42 Å². The number of benzene rings is 7. The summed E-state index contributed by atoms with van der Waals surface area (Å²) in [6, 6.07) is 66.1. The average Bonchev–Trinajstić information content (AvgIpc) is 3.30. The topological polar surface area (TPSA) is 0 Å². The summed E-state index contributed by atoms with van der Waals surface area (Å²) in [6.07, 6.45) is 19.2. The van der Waals surface area contributed by atoms with Gasteiger partial charge in [-0.15, -0.1) is 0 Å². The maximum Gasteiger partial charge on any atom is -0.0000797 e. The van der Waals surface area contributed by atoms with Crippen molar-refractivity contribution in [2.75, 3.05) is 0 Å². The van der Waals surface area contributed by atoms with Gasteiger partial charge in [0.05, 0.1) is 0 Å². The first-order valence-electron chi connectivity index (χ1n) is 20.6. The van der Waals surface area contributed by atoms with E-state index in [2.05, 4.69) is 238 Å².